The zero-order valence-electron chi connectivity index (χ0n) is 18.8. The number of aryl methyl sites for hydroxylation is 4. The Labute approximate surface area is 187 Å². The number of nitrogens with zero attached hydrogens (tertiary/aromatic N) is 1. The van der Waals surface area contributed by atoms with Gasteiger partial charge in [-0.3, -0.25) is 9.59 Å². The maximum atomic E-state index is 13.0. The second kappa shape index (κ2) is 8.83. The van der Waals surface area contributed by atoms with Crippen LogP contribution in [-0.4, -0.2) is 17.5 Å². The van der Waals surface area contributed by atoms with E-state index in [1.54, 1.807) is 6.07 Å². The summed E-state index contributed by atoms with van der Waals surface area (Å²) in [6, 6.07) is 13.2. The van der Waals surface area contributed by atoms with Crippen molar-refractivity contribution in [3.05, 3.63) is 87.4 Å². The van der Waals surface area contributed by atoms with Gasteiger partial charge >= 0.3 is 0 Å². The SMILES string of the molecule is Cc1cccc(C(=O)N/N=C2\CCCc3oc(C(=O)Nc4ccc(C)cc4C)c(C)c32)c1. The lowest BCUT2D eigenvalue weighted by molar-refractivity contribution is 0.0953. The van der Waals surface area contributed by atoms with Crippen molar-refractivity contribution in [3.8, 4) is 0 Å². The van der Waals surface area contributed by atoms with E-state index in [1.807, 2.05) is 64.1 Å². The van der Waals surface area contributed by atoms with Crippen molar-refractivity contribution in [1.82, 2.24) is 5.43 Å². The smallest absolute Gasteiger partial charge is 0.291 e. The lowest BCUT2D eigenvalue weighted by atomic mass is 9.93. The molecule has 3 aromatic rings. The number of fused-ring (bicyclic) bond motifs is 1. The Kier molecular flexibility index (Phi) is 5.95. The molecule has 6 nitrogen and oxygen atoms in total. The van der Waals surface area contributed by atoms with E-state index in [4.69, 9.17) is 4.42 Å². The van der Waals surface area contributed by atoms with E-state index in [0.717, 1.165) is 57.8 Å². The summed E-state index contributed by atoms with van der Waals surface area (Å²) in [4.78, 5) is 25.5. The molecule has 0 spiro atoms. The molecule has 0 bridgehead atoms. The largest absolute Gasteiger partial charge is 0.455 e. The molecule has 1 aliphatic rings. The minimum Gasteiger partial charge on any atom is -0.455 e. The average molecular weight is 430 g/mol. The van der Waals surface area contributed by atoms with Gasteiger partial charge in [-0.2, -0.15) is 5.10 Å². The highest BCUT2D eigenvalue weighted by atomic mass is 16.4. The molecule has 2 N–H and O–H groups in total. The number of amides is 2. The Hall–Kier alpha value is -3.67. The molecule has 1 aromatic heterocycles. The quantitative estimate of drug-likeness (QED) is 0.557. The van der Waals surface area contributed by atoms with Crippen molar-refractivity contribution < 1.29 is 14.0 Å². The van der Waals surface area contributed by atoms with E-state index in [1.165, 1.54) is 0 Å². The number of anilines is 1. The van der Waals surface area contributed by atoms with Crippen LogP contribution >= 0.6 is 0 Å². The zero-order valence-corrected chi connectivity index (χ0v) is 18.8. The topological polar surface area (TPSA) is 83.7 Å². The summed E-state index contributed by atoms with van der Waals surface area (Å²) in [5.41, 5.74) is 9.42. The molecule has 0 unspecified atom stereocenters. The van der Waals surface area contributed by atoms with Crippen LogP contribution in [0, 0.1) is 27.7 Å². The number of rotatable bonds is 4. The minimum absolute atomic E-state index is 0.262. The van der Waals surface area contributed by atoms with Gasteiger partial charge in [-0.15, -0.1) is 0 Å². The molecule has 6 heteroatoms. The van der Waals surface area contributed by atoms with Gasteiger partial charge < -0.3 is 9.73 Å². The first-order valence-electron chi connectivity index (χ1n) is 10.8. The van der Waals surface area contributed by atoms with Crippen molar-refractivity contribution in [2.75, 3.05) is 5.32 Å². The van der Waals surface area contributed by atoms with Gasteiger partial charge in [0, 0.05) is 28.8 Å². The predicted molar refractivity (Wildman–Crippen MR) is 125 cm³/mol. The first kappa shape index (κ1) is 21.6. The van der Waals surface area contributed by atoms with Gasteiger partial charge in [-0.1, -0.05) is 35.4 Å². The highest BCUT2D eigenvalue weighted by Gasteiger charge is 2.28. The summed E-state index contributed by atoms with van der Waals surface area (Å²) < 4.78 is 5.97. The second-order valence-electron chi connectivity index (χ2n) is 8.35. The monoisotopic (exact) mass is 429 g/mol. The molecule has 164 valence electrons. The summed E-state index contributed by atoms with van der Waals surface area (Å²) >= 11 is 0. The average Bonchev–Trinajstić information content (AvgIpc) is 3.11. The molecule has 2 amide bonds. The van der Waals surface area contributed by atoms with Crippen LogP contribution in [0.3, 0.4) is 0 Å². The Morgan fingerprint density at radius 2 is 1.72 bits per heavy atom. The van der Waals surface area contributed by atoms with Gasteiger partial charge in [0.15, 0.2) is 5.76 Å². The number of nitrogens with one attached hydrogen (secondary N) is 2. The molecule has 0 aliphatic heterocycles. The first-order valence-corrected chi connectivity index (χ1v) is 10.8. The van der Waals surface area contributed by atoms with Crippen LogP contribution < -0.4 is 10.7 Å². The number of furan rings is 1. The summed E-state index contributed by atoms with van der Waals surface area (Å²) in [5.74, 6) is 0.479. The third-order valence-corrected chi connectivity index (χ3v) is 5.73. The molecule has 0 saturated carbocycles. The van der Waals surface area contributed by atoms with E-state index in [0.29, 0.717) is 12.0 Å². The summed E-state index contributed by atoms with van der Waals surface area (Å²) in [6.45, 7) is 7.78. The lowest BCUT2D eigenvalue weighted by Gasteiger charge is -2.13. The normalized spacial score (nSPS) is 14.2. The molecule has 4 rings (SSSR count). The standard InChI is InChI=1S/C26H27N3O3/c1-15-7-5-8-19(14-15)25(30)29-28-21-9-6-10-22-23(21)18(4)24(32-22)26(31)27-20-12-11-16(2)13-17(20)3/h5,7-8,11-14H,6,9-10H2,1-4H3,(H,27,31)(H,29,30)/b28-21+. The van der Waals surface area contributed by atoms with Crippen LogP contribution in [0.2, 0.25) is 0 Å². The van der Waals surface area contributed by atoms with Crippen LogP contribution in [-0.2, 0) is 6.42 Å². The molecule has 0 radical (unpaired) electrons. The van der Waals surface area contributed by atoms with Gasteiger partial charge in [-0.25, -0.2) is 5.43 Å². The van der Waals surface area contributed by atoms with Gasteiger partial charge in [0.2, 0.25) is 0 Å². The van der Waals surface area contributed by atoms with Crippen molar-refractivity contribution in [2.24, 2.45) is 5.10 Å². The summed E-state index contributed by atoms with van der Waals surface area (Å²) in [5, 5.41) is 7.35. The fourth-order valence-electron chi connectivity index (χ4n) is 4.10. The Balaban J connectivity index is 1.57. The Bertz CT molecular complexity index is 1240. The van der Waals surface area contributed by atoms with Crippen LogP contribution in [0.15, 0.2) is 52.0 Å². The van der Waals surface area contributed by atoms with Crippen LogP contribution in [0.25, 0.3) is 0 Å². The highest BCUT2D eigenvalue weighted by Crippen LogP contribution is 2.30. The molecule has 0 fully saturated rings. The van der Waals surface area contributed by atoms with Crippen molar-refractivity contribution in [2.45, 2.75) is 47.0 Å². The van der Waals surface area contributed by atoms with Crippen LogP contribution in [0.1, 0.15) is 67.3 Å². The number of carbonyl (C=O) groups is 2. The van der Waals surface area contributed by atoms with E-state index in [-0.39, 0.29) is 17.6 Å². The van der Waals surface area contributed by atoms with E-state index < -0.39 is 0 Å². The van der Waals surface area contributed by atoms with Gasteiger partial charge in [0.25, 0.3) is 11.8 Å². The number of benzene rings is 2. The lowest BCUT2D eigenvalue weighted by Crippen LogP contribution is -2.22. The molecule has 2 aromatic carbocycles. The third-order valence-electron chi connectivity index (χ3n) is 5.73. The maximum absolute atomic E-state index is 13.0. The first-order chi connectivity index (χ1) is 15.3. The predicted octanol–water partition coefficient (Wildman–Crippen LogP) is 5.24. The highest BCUT2D eigenvalue weighted by molar-refractivity contribution is 6.09. The van der Waals surface area contributed by atoms with E-state index in [9.17, 15) is 9.59 Å². The number of hydrazone groups is 1. The van der Waals surface area contributed by atoms with Crippen molar-refractivity contribution >= 4 is 23.2 Å². The van der Waals surface area contributed by atoms with Gasteiger partial charge in [0.05, 0.1) is 5.71 Å². The van der Waals surface area contributed by atoms with Crippen molar-refractivity contribution in [3.63, 3.8) is 0 Å². The molecule has 0 atom stereocenters. The molecular formula is C26H27N3O3. The molecular weight excluding hydrogens is 402 g/mol. The second-order valence-corrected chi connectivity index (χ2v) is 8.35. The third kappa shape index (κ3) is 4.35. The maximum Gasteiger partial charge on any atom is 0.291 e. The van der Waals surface area contributed by atoms with E-state index >= 15 is 0 Å². The fraction of sp³-hybridized carbons (Fsp3) is 0.269. The molecule has 1 aliphatic carbocycles. The fourth-order valence-corrected chi connectivity index (χ4v) is 4.10. The van der Waals surface area contributed by atoms with E-state index in [2.05, 4.69) is 15.8 Å². The van der Waals surface area contributed by atoms with Gasteiger partial charge in [-0.05, 0) is 64.3 Å². The molecule has 0 saturated heterocycles. The summed E-state index contributed by atoms with van der Waals surface area (Å²) in [6.07, 6.45) is 2.29. The molecule has 1 heterocycles. The van der Waals surface area contributed by atoms with Gasteiger partial charge in [0.1, 0.15) is 5.76 Å². The molecule has 32 heavy (non-hydrogen) atoms. The Morgan fingerprint density at radius 3 is 2.47 bits per heavy atom. The summed E-state index contributed by atoms with van der Waals surface area (Å²) in [7, 11) is 0. The number of carbonyl (C=O) groups excluding carboxylic acids is 2. The number of hydrogen-bond donors (Lipinski definition) is 2. The van der Waals surface area contributed by atoms with Crippen LogP contribution in [0.4, 0.5) is 5.69 Å². The minimum atomic E-state index is -0.285. The Morgan fingerprint density at radius 1 is 0.938 bits per heavy atom. The van der Waals surface area contributed by atoms with Crippen LogP contribution in [0.5, 0.6) is 0 Å². The van der Waals surface area contributed by atoms with Crippen molar-refractivity contribution in [1.29, 1.82) is 0 Å². The zero-order chi connectivity index (χ0) is 22.8. The number of hydrogen-bond acceptors (Lipinski definition) is 4.